The number of hydrogen-bond acceptors (Lipinski definition) is 5. The van der Waals surface area contributed by atoms with Crippen molar-refractivity contribution in [2.45, 2.75) is 0 Å². The number of ether oxygens (including phenoxy) is 1. The minimum atomic E-state index is -1.03. The average molecular weight is 424 g/mol. The highest BCUT2D eigenvalue weighted by Gasteiger charge is 2.17. The molecule has 0 aliphatic carbocycles. The van der Waals surface area contributed by atoms with E-state index in [-0.39, 0.29) is 17.2 Å². The third-order valence-corrected chi connectivity index (χ3v) is 4.87. The van der Waals surface area contributed by atoms with Gasteiger partial charge in [-0.15, -0.1) is 0 Å². The van der Waals surface area contributed by atoms with Gasteiger partial charge in [0.2, 0.25) is 0 Å². The number of anilines is 1. The molecule has 3 aromatic carbocycles. The number of carboxylic acids is 1. The highest BCUT2D eigenvalue weighted by atomic mass is 16.5. The summed E-state index contributed by atoms with van der Waals surface area (Å²) in [5, 5.41) is 17.3. The quantitative estimate of drug-likeness (QED) is 0.260. The second-order valence-corrected chi connectivity index (χ2v) is 7.05. The van der Waals surface area contributed by atoms with E-state index in [4.69, 9.17) is 21.6 Å². The Morgan fingerprint density at radius 2 is 1.56 bits per heavy atom. The van der Waals surface area contributed by atoms with Crippen LogP contribution >= 0.6 is 0 Å². The number of carboxylic acid groups (broad SMARTS) is 1. The van der Waals surface area contributed by atoms with Crippen LogP contribution < -0.4 is 16.2 Å². The van der Waals surface area contributed by atoms with Gasteiger partial charge < -0.3 is 21.3 Å². The molecule has 0 bridgehead atoms. The Hall–Kier alpha value is -4.65. The number of nitrogens with two attached hydrogens (primary N) is 2. The fourth-order valence-corrected chi connectivity index (χ4v) is 3.36. The van der Waals surface area contributed by atoms with Crippen LogP contribution in [0.25, 0.3) is 22.4 Å². The smallest absolute Gasteiger partial charge is 0.335 e. The molecule has 32 heavy (non-hydrogen) atoms. The van der Waals surface area contributed by atoms with Gasteiger partial charge in [0.25, 0.3) is 0 Å². The van der Waals surface area contributed by atoms with Gasteiger partial charge >= 0.3 is 5.97 Å². The van der Waals surface area contributed by atoms with Gasteiger partial charge in [0.15, 0.2) is 0 Å². The molecule has 7 heteroatoms. The van der Waals surface area contributed by atoms with Crippen molar-refractivity contribution in [3.05, 3.63) is 96.1 Å². The number of nitrogen functional groups attached to an aromatic ring is 2. The first-order valence-electron chi connectivity index (χ1n) is 9.74. The van der Waals surface area contributed by atoms with Crippen molar-refractivity contribution in [1.29, 1.82) is 5.41 Å². The number of benzene rings is 3. The minimum absolute atomic E-state index is 0.0929. The van der Waals surface area contributed by atoms with Crippen molar-refractivity contribution >= 4 is 17.6 Å². The van der Waals surface area contributed by atoms with Crippen molar-refractivity contribution in [1.82, 2.24) is 4.98 Å². The van der Waals surface area contributed by atoms with Gasteiger partial charge in [0.05, 0.1) is 16.8 Å². The van der Waals surface area contributed by atoms with E-state index in [0.717, 1.165) is 11.3 Å². The maximum Gasteiger partial charge on any atom is 0.335 e. The molecule has 0 atom stereocenters. The number of aromatic nitrogens is 1. The van der Waals surface area contributed by atoms with Crippen LogP contribution in [0, 0.1) is 5.41 Å². The first kappa shape index (κ1) is 20.6. The monoisotopic (exact) mass is 424 g/mol. The van der Waals surface area contributed by atoms with E-state index < -0.39 is 5.97 Å². The first-order chi connectivity index (χ1) is 15.4. The number of nitrogens with one attached hydrogen (secondary N) is 1. The van der Waals surface area contributed by atoms with Crippen molar-refractivity contribution in [2.24, 2.45) is 5.73 Å². The summed E-state index contributed by atoms with van der Waals surface area (Å²) in [4.78, 5) is 15.7. The molecule has 0 saturated heterocycles. The zero-order valence-corrected chi connectivity index (χ0v) is 16.9. The number of nitrogens with zero attached hydrogens (tertiary/aromatic N) is 1. The molecule has 0 spiro atoms. The topological polar surface area (TPSA) is 135 Å². The lowest BCUT2D eigenvalue weighted by Crippen LogP contribution is -2.16. The molecule has 4 aromatic rings. The van der Waals surface area contributed by atoms with Gasteiger partial charge in [-0.25, -0.2) is 9.78 Å². The fourth-order valence-electron chi connectivity index (χ4n) is 3.36. The van der Waals surface area contributed by atoms with E-state index >= 15 is 0 Å². The predicted octanol–water partition coefficient (Wildman–Crippen LogP) is 4.77. The normalized spacial score (nSPS) is 10.5. The summed E-state index contributed by atoms with van der Waals surface area (Å²) < 4.78 is 5.84. The Morgan fingerprint density at radius 3 is 2.22 bits per heavy atom. The molecule has 0 fully saturated rings. The van der Waals surface area contributed by atoms with Gasteiger partial charge in [-0.3, -0.25) is 5.41 Å². The summed E-state index contributed by atoms with van der Waals surface area (Å²) in [7, 11) is 0. The summed E-state index contributed by atoms with van der Waals surface area (Å²) in [5.74, 6) is 0.226. The van der Waals surface area contributed by atoms with Crippen LogP contribution in [0.5, 0.6) is 11.5 Å². The molecule has 0 saturated carbocycles. The SMILES string of the molecule is N=C(N)c1c(-c2ccc(Oc3ccccc3)cc2)cc(-c2cccc(C(=O)O)c2)nc1N. The Labute approximate surface area is 184 Å². The van der Waals surface area contributed by atoms with Crippen LogP contribution in [0.2, 0.25) is 0 Å². The van der Waals surface area contributed by atoms with E-state index in [1.54, 1.807) is 18.2 Å². The van der Waals surface area contributed by atoms with Crippen LogP contribution in [-0.4, -0.2) is 21.9 Å². The van der Waals surface area contributed by atoms with E-state index in [2.05, 4.69) is 4.98 Å². The Morgan fingerprint density at radius 1 is 0.875 bits per heavy atom. The van der Waals surface area contributed by atoms with Gasteiger partial charge in [0.1, 0.15) is 23.2 Å². The van der Waals surface area contributed by atoms with Gasteiger partial charge in [-0.2, -0.15) is 0 Å². The minimum Gasteiger partial charge on any atom is -0.478 e. The average Bonchev–Trinajstić information content (AvgIpc) is 2.79. The summed E-state index contributed by atoms with van der Waals surface area (Å²) in [5.41, 5.74) is 14.9. The lowest BCUT2D eigenvalue weighted by atomic mass is 9.96. The highest BCUT2D eigenvalue weighted by molar-refractivity contribution is 6.06. The van der Waals surface area contributed by atoms with Crippen molar-refractivity contribution < 1.29 is 14.6 Å². The fraction of sp³-hybridized carbons (Fsp3) is 0. The molecule has 0 aliphatic rings. The third-order valence-electron chi connectivity index (χ3n) is 4.87. The number of amidine groups is 1. The second-order valence-electron chi connectivity index (χ2n) is 7.05. The van der Waals surface area contributed by atoms with Crippen LogP contribution in [-0.2, 0) is 0 Å². The number of pyridine rings is 1. The number of hydrogen-bond donors (Lipinski definition) is 4. The van der Waals surface area contributed by atoms with E-state index in [1.165, 1.54) is 12.1 Å². The zero-order valence-electron chi connectivity index (χ0n) is 16.9. The molecule has 7 nitrogen and oxygen atoms in total. The number of para-hydroxylation sites is 1. The molecule has 0 radical (unpaired) electrons. The molecule has 0 amide bonds. The van der Waals surface area contributed by atoms with Crippen LogP contribution in [0.15, 0.2) is 84.9 Å². The van der Waals surface area contributed by atoms with Crippen LogP contribution in [0.4, 0.5) is 5.82 Å². The third kappa shape index (κ3) is 4.27. The summed E-state index contributed by atoms with van der Waals surface area (Å²) in [6, 6.07) is 24.9. The highest BCUT2D eigenvalue weighted by Crippen LogP contribution is 2.33. The number of aromatic carboxylic acids is 1. The Balaban J connectivity index is 1.76. The molecular formula is C25H20N4O3. The molecule has 0 aliphatic heterocycles. The van der Waals surface area contributed by atoms with E-state index in [1.807, 2.05) is 54.6 Å². The summed E-state index contributed by atoms with van der Waals surface area (Å²) in [6.45, 7) is 0. The molecule has 1 heterocycles. The number of rotatable bonds is 6. The number of carbonyl (C=O) groups is 1. The molecule has 4 rings (SSSR count). The van der Waals surface area contributed by atoms with Crippen molar-refractivity contribution in [3.8, 4) is 33.9 Å². The van der Waals surface area contributed by atoms with Gasteiger partial charge in [0, 0.05) is 5.56 Å². The molecule has 6 N–H and O–H groups in total. The van der Waals surface area contributed by atoms with Gasteiger partial charge in [-0.05, 0) is 53.6 Å². The van der Waals surface area contributed by atoms with Gasteiger partial charge in [-0.1, -0.05) is 42.5 Å². The molecule has 1 aromatic heterocycles. The lowest BCUT2D eigenvalue weighted by molar-refractivity contribution is 0.0697. The van der Waals surface area contributed by atoms with Crippen molar-refractivity contribution in [3.63, 3.8) is 0 Å². The predicted molar refractivity (Wildman–Crippen MR) is 124 cm³/mol. The zero-order chi connectivity index (χ0) is 22.7. The second kappa shape index (κ2) is 8.61. The molecular weight excluding hydrogens is 404 g/mol. The lowest BCUT2D eigenvalue weighted by Gasteiger charge is -2.14. The Kier molecular flexibility index (Phi) is 5.55. The van der Waals surface area contributed by atoms with Crippen molar-refractivity contribution in [2.75, 3.05) is 5.73 Å². The molecule has 0 unspecified atom stereocenters. The van der Waals surface area contributed by atoms with E-state index in [0.29, 0.717) is 28.1 Å². The summed E-state index contributed by atoms with van der Waals surface area (Å²) >= 11 is 0. The molecule has 158 valence electrons. The maximum atomic E-state index is 11.3. The summed E-state index contributed by atoms with van der Waals surface area (Å²) in [6.07, 6.45) is 0. The Bertz CT molecular complexity index is 1300. The van der Waals surface area contributed by atoms with E-state index in [9.17, 15) is 9.90 Å². The standard InChI is InChI=1S/C25H20N4O3/c26-23(27)22-20(15-9-11-19(12-10-15)32-18-7-2-1-3-8-18)14-21(29-24(22)28)16-5-4-6-17(13-16)25(30)31/h1-14H,(H3,26,27)(H2,28,29)(H,30,31). The first-order valence-corrected chi connectivity index (χ1v) is 9.74. The largest absolute Gasteiger partial charge is 0.478 e. The van der Waals surface area contributed by atoms with Crippen LogP contribution in [0.3, 0.4) is 0 Å². The van der Waals surface area contributed by atoms with Crippen LogP contribution in [0.1, 0.15) is 15.9 Å². The maximum absolute atomic E-state index is 11.3.